The Balaban J connectivity index is 1.38. The normalized spacial score (nSPS) is 14.8. The van der Waals surface area contributed by atoms with Crippen LogP contribution in [0.3, 0.4) is 0 Å². The molecular weight excluding hydrogens is 444 g/mol. The van der Waals surface area contributed by atoms with Crippen LogP contribution in [0.2, 0.25) is 0 Å². The summed E-state index contributed by atoms with van der Waals surface area (Å²) in [7, 11) is 3.26. The lowest BCUT2D eigenvalue weighted by atomic mass is 9.93. The number of hydrogen-bond acceptors (Lipinski definition) is 6. The van der Waals surface area contributed by atoms with Crippen molar-refractivity contribution in [2.75, 3.05) is 31.4 Å². The minimum absolute atomic E-state index is 0.0677. The highest BCUT2D eigenvalue weighted by Crippen LogP contribution is 2.36. The Morgan fingerprint density at radius 2 is 1.11 bits per heavy atom. The summed E-state index contributed by atoms with van der Waals surface area (Å²) < 4.78 is 0. The van der Waals surface area contributed by atoms with Crippen molar-refractivity contribution in [1.29, 1.82) is 0 Å². The minimum atomic E-state index is -0.386. The lowest BCUT2D eigenvalue weighted by Gasteiger charge is -2.29. The first-order valence-corrected chi connectivity index (χ1v) is 11.1. The van der Waals surface area contributed by atoms with E-state index in [1.54, 1.807) is 49.5 Å². The first kappa shape index (κ1) is 20.9. The summed E-state index contributed by atoms with van der Waals surface area (Å²) in [6, 6.07) is 17.6. The fourth-order valence-electron chi connectivity index (χ4n) is 5.04. The molecule has 4 aromatic rings. The monoisotopic (exact) mass is 464 g/mol. The van der Waals surface area contributed by atoms with Gasteiger partial charge in [-0.25, -0.2) is 0 Å². The van der Waals surface area contributed by atoms with Gasteiger partial charge in [0, 0.05) is 69.3 Å². The number of amides is 4. The molecule has 172 valence electrons. The minimum Gasteiger partial charge on any atom is -0.388 e. The quantitative estimate of drug-likeness (QED) is 0.444. The third kappa shape index (κ3) is 2.80. The third-order valence-electron chi connectivity index (χ3n) is 6.80. The van der Waals surface area contributed by atoms with Crippen molar-refractivity contribution in [2.45, 2.75) is 0 Å². The van der Waals surface area contributed by atoms with Crippen LogP contribution in [0.4, 0.5) is 11.4 Å². The van der Waals surface area contributed by atoms with Crippen LogP contribution in [0, 0.1) is 0 Å². The zero-order chi connectivity index (χ0) is 24.4. The van der Waals surface area contributed by atoms with Crippen molar-refractivity contribution >= 4 is 56.5 Å². The summed E-state index contributed by atoms with van der Waals surface area (Å²) >= 11 is 0. The Kier molecular flexibility index (Phi) is 4.41. The SMILES string of the molecule is CNc1ccc2c3c(cccc13)C(=O)N(CNc1ccc3c4c(cccc14)C(=O)N(C)C3=O)C2=O. The number of anilines is 2. The Hall–Kier alpha value is -4.72. The molecule has 0 bridgehead atoms. The standard InChI is InChI=1S/C27H20N4O4/c1-28-20-11-9-19-22-14(20)5-3-8-17(22)26(34)31(27(19)35)13-29-21-12-10-18-23-15(21)6-4-7-16(23)24(32)30(2)25(18)33/h3-12,28-29H,13H2,1-2H3. The fourth-order valence-corrected chi connectivity index (χ4v) is 5.04. The maximum absolute atomic E-state index is 13.3. The molecule has 2 N–H and O–H groups in total. The highest BCUT2D eigenvalue weighted by atomic mass is 16.2. The number of rotatable bonds is 4. The maximum Gasteiger partial charge on any atom is 0.262 e. The van der Waals surface area contributed by atoms with Gasteiger partial charge in [-0.05, 0) is 36.4 Å². The van der Waals surface area contributed by atoms with Gasteiger partial charge in [-0.3, -0.25) is 29.0 Å². The molecule has 6 rings (SSSR count). The predicted octanol–water partition coefficient (Wildman–Crippen LogP) is 3.93. The molecule has 4 amide bonds. The highest BCUT2D eigenvalue weighted by Gasteiger charge is 2.34. The molecule has 0 fully saturated rings. The Morgan fingerprint density at radius 1 is 0.629 bits per heavy atom. The average Bonchev–Trinajstić information content (AvgIpc) is 2.88. The van der Waals surface area contributed by atoms with Gasteiger partial charge in [0.2, 0.25) is 0 Å². The number of imide groups is 2. The Morgan fingerprint density at radius 3 is 1.71 bits per heavy atom. The van der Waals surface area contributed by atoms with E-state index in [4.69, 9.17) is 0 Å². The maximum atomic E-state index is 13.3. The van der Waals surface area contributed by atoms with Gasteiger partial charge in [0.05, 0.1) is 6.67 Å². The molecule has 0 saturated heterocycles. The van der Waals surface area contributed by atoms with Crippen LogP contribution < -0.4 is 10.6 Å². The second-order valence-electron chi connectivity index (χ2n) is 8.57. The van der Waals surface area contributed by atoms with Gasteiger partial charge in [-0.1, -0.05) is 24.3 Å². The molecule has 2 aliphatic heterocycles. The first-order valence-electron chi connectivity index (χ1n) is 11.1. The highest BCUT2D eigenvalue weighted by molar-refractivity contribution is 6.28. The molecule has 2 aliphatic rings. The molecule has 35 heavy (non-hydrogen) atoms. The van der Waals surface area contributed by atoms with Crippen LogP contribution in [0.5, 0.6) is 0 Å². The van der Waals surface area contributed by atoms with Crippen LogP contribution in [-0.4, -0.2) is 54.2 Å². The Bertz CT molecular complexity index is 1600. The molecule has 0 atom stereocenters. The smallest absolute Gasteiger partial charge is 0.262 e. The summed E-state index contributed by atoms with van der Waals surface area (Å²) in [5.41, 5.74) is 3.27. The predicted molar refractivity (Wildman–Crippen MR) is 133 cm³/mol. The zero-order valence-electron chi connectivity index (χ0n) is 19.0. The summed E-state index contributed by atoms with van der Waals surface area (Å²) in [6.45, 7) is -0.0677. The van der Waals surface area contributed by atoms with Gasteiger partial charge in [0.15, 0.2) is 0 Å². The first-order chi connectivity index (χ1) is 16.9. The van der Waals surface area contributed by atoms with Crippen LogP contribution in [0.1, 0.15) is 41.4 Å². The van der Waals surface area contributed by atoms with E-state index in [0.29, 0.717) is 44.1 Å². The van der Waals surface area contributed by atoms with E-state index < -0.39 is 0 Å². The molecule has 0 unspecified atom stereocenters. The van der Waals surface area contributed by atoms with Gasteiger partial charge in [0.25, 0.3) is 23.6 Å². The zero-order valence-corrected chi connectivity index (χ0v) is 19.0. The van der Waals surface area contributed by atoms with Crippen molar-refractivity contribution in [3.63, 3.8) is 0 Å². The number of carbonyl (C=O) groups is 4. The van der Waals surface area contributed by atoms with E-state index in [1.165, 1.54) is 11.9 Å². The average molecular weight is 464 g/mol. The van der Waals surface area contributed by atoms with Gasteiger partial charge in [-0.15, -0.1) is 0 Å². The van der Waals surface area contributed by atoms with E-state index in [9.17, 15) is 19.2 Å². The second-order valence-corrected chi connectivity index (χ2v) is 8.57. The summed E-state index contributed by atoms with van der Waals surface area (Å²) in [5.74, 6) is -1.50. The lowest BCUT2D eigenvalue weighted by molar-refractivity contribution is 0.0616. The van der Waals surface area contributed by atoms with Crippen LogP contribution in [0.15, 0.2) is 60.7 Å². The molecule has 2 heterocycles. The van der Waals surface area contributed by atoms with E-state index in [0.717, 1.165) is 16.0 Å². The summed E-state index contributed by atoms with van der Waals surface area (Å²) in [6.07, 6.45) is 0. The molecule has 0 saturated carbocycles. The Labute approximate surface area is 200 Å². The third-order valence-corrected chi connectivity index (χ3v) is 6.80. The molecule has 4 aromatic carbocycles. The van der Waals surface area contributed by atoms with Crippen molar-refractivity contribution in [1.82, 2.24) is 9.80 Å². The fraction of sp³-hybridized carbons (Fsp3) is 0.111. The van der Waals surface area contributed by atoms with E-state index in [1.807, 2.05) is 18.2 Å². The van der Waals surface area contributed by atoms with Crippen LogP contribution in [0.25, 0.3) is 21.5 Å². The molecule has 0 radical (unpaired) electrons. The number of carbonyl (C=O) groups excluding carboxylic acids is 4. The van der Waals surface area contributed by atoms with E-state index in [-0.39, 0.29) is 30.3 Å². The molecule has 8 nitrogen and oxygen atoms in total. The number of hydrogen-bond donors (Lipinski definition) is 2. The lowest BCUT2D eigenvalue weighted by Crippen LogP contribution is -2.43. The number of nitrogens with one attached hydrogen (secondary N) is 2. The van der Waals surface area contributed by atoms with Crippen LogP contribution in [-0.2, 0) is 0 Å². The second kappa shape index (κ2) is 7.39. The van der Waals surface area contributed by atoms with Crippen molar-refractivity contribution in [3.05, 3.63) is 82.9 Å². The van der Waals surface area contributed by atoms with Crippen molar-refractivity contribution < 1.29 is 19.2 Å². The molecular formula is C27H20N4O4. The summed E-state index contributed by atoms with van der Waals surface area (Å²) in [5, 5.41) is 8.99. The van der Waals surface area contributed by atoms with E-state index >= 15 is 0 Å². The van der Waals surface area contributed by atoms with Gasteiger partial charge in [0.1, 0.15) is 0 Å². The van der Waals surface area contributed by atoms with Crippen LogP contribution >= 0.6 is 0 Å². The van der Waals surface area contributed by atoms with Gasteiger partial charge in [-0.2, -0.15) is 0 Å². The number of nitrogens with zero attached hydrogens (tertiary/aromatic N) is 2. The van der Waals surface area contributed by atoms with Crippen molar-refractivity contribution in [3.8, 4) is 0 Å². The molecule has 0 aliphatic carbocycles. The topological polar surface area (TPSA) is 98.8 Å². The summed E-state index contributed by atoms with van der Waals surface area (Å²) in [4.78, 5) is 54.3. The van der Waals surface area contributed by atoms with Gasteiger partial charge < -0.3 is 10.6 Å². The van der Waals surface area contributed by atoms with Crippen molar-refractivity contribution in [2.24, 2.45) is 0 Å². The largest absolute Gasteiger partial charge is 0.388 e. The van der Waals surface area contributed by atoms with Gasteiger partial charge >= 0.3 is 0 Å². The number of benzene rings is 4. The molecule has 0 aromatic heterocycles. The van der Waals surface area contributed by atoms with E-state index in [2.05, 4.69) is 10.6 Å². The molecule has 0 spiro atoms. The molecule has 8 heteroatoms.